The maximum Gasteiger partial charge on any atom is 0.223 e. The van der Waals surface area contributed by atoms with E-state index in [1.54, 1.807) is 12.1 Å². The molecule has 1 aromatic rings. The fourth-order valence-electron chi connectivity index (χ4n) is 2.38. The molecular formula is C15H21NO3. The first-order valence-corrected chi connectivity index (χ1v) is 6.83. The molecule has 2 rings (SSSR count). The molecule has 0 bridgehead atoms. The predicted octanol–water partition coefficient (Wildman–Crippen LogP) is 2.56. The topological polar surface area (TPSA) is 62.5 Å². The number of nitrogens with one attached hydrogen (secondary N) is 1. The van der Waals surface area contributed by atoms with Gasteiger partial charge in [0.05, 0.1) is 6.26 Å². The van der Waals surface area contributed by atoms with E-state index in [0.717, 1.165) is 19.3 Å². The van der Waals surface area contributed by atoms with E-state index in [1.807, 2.05) is 6.92 Å². The smallest absolute Gasteiger partial charge is 0.223 e. The highest BCUT2D eigenvalue weighted by molar-refractivity contribution is 5.79. The first-order chi connectivity index (χ1) is 9.16. The van der Waals surface area contributed by atoms with Crippen LogP contribution in [0.25, 0.3) is 0 Å². The van der Waals surface area contributed by atoms with Crippen molar-refractivity contribution in [1.29, 1.82) is 0 Å². The minimum Gasteiger partial charge on any atom is -0.467 e. The van der Waals surface area contributed by atoms with Gasteiger partial charge in [0, 0.05) is 18.4 Å². The van der Waals surface area contributed by atoms with Crippen molar-refractivity contribution in [3.8, 4) is 0 Å². The molecule has 1 aliphatic carbocycles. The third-order valence-corrected chi connectivity index (χ3v) is 3.48. The van der Waals surface area contributed by atoms with E-state index in [4.69, 9.17) is 4.42 Å². The van der Waals surface area contributed by atoms with Crippen molar-refractivity contribution in [1.82, 2.24) is 5.32 Å². The Morgan fingerprint density at radius 3 is 3.05 bits per heavy atom. The maximum atomic E-state index is 12.0. The summed E-state index contributed by atoms with van der Waals surface area (Å²) in [6, 6.07) is 3.42. The third kappa shape index (κ3) is 3.96. The Morgan fingerprint density at radius 1 is 1.58 bits per heavy atom. The molecule has 4 nitrogen and oxygen atoms in total. The molecular weight excluding hydrogens is 242 g/mol. The van der Waals surface area contributed by atoms with Crippen molar-refractivity contribution >= 4 is 5.91 Å². The van der Waals surface area contributed by atoms with Crippen molar-refractivity contribution in [3.05, 3.63) is 36.3 Å². The van der Waals surface area contributed by atoms with Crippen molar-refractivity contribution in [2.45, 2.75) is 44.8 Å². The number of allylic oxidation sites excluding steroid dienone is 2. The molecule has 0 radical (unpaired) electrons. The van der Waals surface area contributed by atoms with Gasteiger partial charge < -0.3 is 14.8 Å². The zero-order valence-electron chi connectivity index (χ0n) is 11.2. The second-order valence-electron chi connectivity index (χ2n) is 5.16. The molecule has 4 heteroatoms. The van der Waals surface area contributed by atoms with Crippen LogP contribution < -0.4 is 5.32 Å². The van der Waals surface area contributed by atoms with Gasteiger partial charge in [-0.2, -0.15) is 0 Å². The Hall–Kier alpha value is -1.55. The molecule has 3 unspecified atom stereocenters. The maximum absolute atomic E-state index is 12.0. The summed E-state index contributed by atoms with van der Waals surface area (Å²) in [4.78, 5) is 12.0. The molecule has 1 aromatic heterocycles. The minimum absolute atomic E-state index is 0.0708. The Bertz CT molecular complexity index is 425. The zero-order valence-corrected chi connectivity index (χ0v) is 11.2. The number of carbonyl (C=O) groups excluding carboxylic acids is 1. The fourth-order valence-corrected chi connectivity index (χ4v) is 2.38. The number of hydrogen-bond acceptors (Lipinski definition) is 3. The lowest BCUT2D eigenvalue weighted by Gasteiger charge is -2.22. The van der Waals surface area contributed by atoms with Gasteiger partial charge in [0.1, 0.15) is 11.9 Å². The molecule has 3 atom stereocenters. The number of rotatable bonds is 5. The summed E-state index contributed by atoms with van der Waals surface area (Å²) < 4.78 is 5.15. The van der Waals surface area contributed by atoms with E-state index in [-0.39, 0.29) is 17.9 Å². The molecule has 1 heterocycles. The monoisotopic (exact) mass is 263 g/mol. The first kappa shape index (κ1) is 13.9. The summed E-state index contributed by atoms with van der Waals surface area (Å²) in [5.41, 5.74) is 0. The first-order valence-electron chi connectivity index (χ1n) is 6.83. The minimum atomic E-state index is -0.670. The Labute approximate surface area is 113 Å². The van der Waals surface area contributed by atoms with Gasteiger partial charge in [0.25, 0.3) is 0 Å². The molecule has 0 spiro atoms. The van der Waals surface area contributed by atoms with Gasteiger partial charge >= 0.3 is 0 Å². The van der Waals surface area contributed by atoms with E-state index in [2.05, 4.69) is 17.5 Å². The molecule has 19 heavy (non-hydrogen) atoms. The van der Waals surface area contributed by atoms with E-state index >= 15 is 0 Å². The van der Waals surface area contributed by atoms with Gasteiger partial charge in [-0.1, -0.05) is 12.2 Å². The third-order valence-electron chi connectivity index (χ3n) is 3.48. The summed E-state index contributed by atoms with van der Waals surface area (Å²) in [6.07, 6.45) is 8.22. The summed E-state index contributed by atoms with van der Waals surface area (Å²) in [5, 5.41) is 12.9. The normalized spacial score (nSPS) is 21.9. The SMILES string of the molecule is CC(CC(O)c1ccco1)NC(=O)C1CC=CCC1. The average Bonchev–Trinajstić information content (AvgIpc) is 2.93. The highest BCUT2D eigenvalue weighted by atomic mass is 16.4. The van der Waals surface area contributed by atoms with Crippen LogP contribution in [0, 0.1) is 5.92 Å². The van der Waals surface area contributed by atoms with E-state index < -0.39 is 6.10 Å². The fraction of sp³-hybridized carbons (Fsp3) is 0.533. The van der Waals surface area contributed by atoms with Gasteiger partial charge in [0.2, 0.25) is 5.91 Å². The van der Waals surface area contributed by atoms with Crippen LogP contribution in [0.3, 0.4) is 0 Å². The number of carbonyl (C=O) groups is 1. The lowest BCUT2D eigenvalue weighted by atomic mass is 9.93. The van der Waals surface area contributed by atoms with Crippen LogP contribution in [-0.2, 0) is 4.79 Å². The van der Waals surface area contributed by atoms with Crippen LogP contribution in [0.4, 0.5) is 0 Å². The molecule has 0 aliphatic heterocycles. The molecule has 104 valence electrons. The summed E-state index contributed by atoms with van der Waals surface area (Å²) in [5.74, 6) is 0.707. The predicted molar refractivity (Wildman–Crippen MR) is 72.4 cm³/mol. The van der Waals surface area contributed by atoms with Crippen LogP contribution in [0.15, 0.2) is 35.0 Å². The van der Waals surface area contributed by atoms with Crippen molar-refractivity contribution < 1.29 is 14.3 Å². The standard InChI is InChI=1S/C15H21NO3/c1-11(10-13(17)14-8-5-9-19-14)16-15(18)12-6-3-2-4-7-12/h2-3,5,8-9,11-13,17H,4,6-7,10H2,1H3,(H,16,18). The van der Waals surface area contributed by atoms with E-state index in [0.29, 0.717) is 12.2 Å². The highest BCUT2D eigenvalue weighted by Gasteiger charge is 2.22. The Balaban J connectivity index is 1.79. The van der Waals surface area contributed by atoms with Gasteiger partial charge in [-0.05, 0) is 38.3 Å². The summed E-state index contributed by atoms with van der Waals surface area (Å²) >= 11 is 0. The van der Waals surface area contributed by atoms with Crippen LogP contribution in [-0.4, -0.2) is 17.1 Å². The lowest BCUT2D eigenvalue weighted by molar-refractivity contribution is -0.126. The molecule has 1 amide bonds. The van der Waals surface area contributed by atoms with Gasteiger partial charge in [0.15, 0.2) is 0 Å². The van der Waals surface area contributed by atoms with Crippen molar-refractivity contribution in [2.24, 2.45) is 5.92 Å². The molecule has 1 aliphatic rings. The van der Waals surface area contributed by atoms with Crippen LogP contribution in [0.5, 0.6) is 0 Å². The van der Waals surface area contributed by atoms with E-state index in [1.165, 1.54) is 6.26 Å². The van der Waals surface area contributed by atoms with Crippen LogP contribution >= 0.6 is 0 Å². The Morgan fingerprint density at radius 2 is 2.42 bits per heavy atom. The second-order valence-corrected chi connectivity index (χ2v) is 5.16. The van der Waals surface area contributed by atoms with Crippen molar-refractivity contribution in [2.75, 3.05) is 0 Å². The molecule has 0 saturated heterocycles. The van der Waals surface area contributed by atoms with Gasteiger partial charge in [-0.15, -0.1) is 0 Å². The number of aliphatic hydroxyl groups is 1. The summed E-state index contributed by atoms with van der Waals surface area (Å²) in [7, 11) is 0. The molecule has 2 N–H and O–H groups in total. The zero-order chi connectivity index (χ0) is 13.7. The van der Waals surface area contributed by atoms with Crippen molar-refractivity contribution in [3.63, 3.8) is 0 Å². The Kier molecular flexibility index (Phi) is 4.80. The molecule has 0 aromatic carbocycles. The summed E-state index contributed by atoms with van der Waals surface area (Å²) in [6.45, 7) is 1.91. The van der Waals surface area contributed by atoms with E-state index in [9.17, 15) is 9.90 Å². The number of furan rings is 1. The number of amides is 1. The van der Waals surface area contributed by atoms with Gasteiger partial charge in [-0.3, -0.25) is 4.79 Å². The lowest BCUT2D eigenvalue weighted by Crippen LogP contribution is -2.38. The molecule has 0 saturated carbocycles. The number of hydrogen-bond donors (Lipinski definition) is 2. The quantitative estimate of drug-likeness (QED) is 0.802. The largest absolute Gasteiger partial charge is 0.467 e. The van der Waals surface area contributed by atoms with Crippen LogP contribution in [0.2, 0.25) is 0 Å². The number of aliphatic hydroxyl groups excluding tert-OH is 1. The van der Waals surface area contributed by atoms with Crippen LogP contribution in [0.1, 0.15) is 44.5 Å². The molecule has 0 fully saturated rings. The average molecular weight is 263 g/mol. The van der Waals surface area contributed by atoms with Gasteiger partial charge in [-0.25, -0.2) is 0 Å². The second kappa shape index (κ2) is 6.57. The highest BCUT2D eigenvalue weighted by Crippen LogP contribution is 2.21.